The molecule has 2 aromatic carbocycles. The monoisotopic (exact) mass is 572 g/mol. The molecule has 3 fully saturated rings. The SMILES string of the molecule is Cc1cccc(C)c1C(=O)N1CC2CN(CCC(NC(=O)Cn3nnc(N4CCOCC4)n3)c3ccccc3)CC2C1. The van der Waals surface area contributed by atoms with Crippen LogP contribution in [0.2, 0.25) is 0 Å². The molecular weight excluding hydrogens is 532 g/mol. The van der Waals surface area contributed by atoms with Crippen LogP contribution in [0.5, 0.6) is 0 Å². The molecule has 2 amide bonds. The van der Waals surface area contributed by atoms with Gasteiger partial charge in [0.15, 0.2) is 0 Å². The Kier molecular flexibility index (Phi) is 8.48. The summed E-state index contributed by atoms with van der Waals surface area (Å²) in [7, 11) is 0. The lowest BCUT2D eigenvalue weighted by atomic mass is 10.0. The molecule has 11 nitrogen and oxygen atoms in total. The topological polar surface area (TPSA) is 109 Å². The van der Waals surface area contributed by atoms with E-state index in [2.05, 4.69) is 42.7 Å². The number of hydrogen-bond acceptors (Lipinski definition) is 8. The molecule has 11 heteroatoms. The standard InChI is InChI=1S/C31H40N8O3/c1-22-7-6-8-23(2)29(22)30(41)38-19-25-17-36(18-26(25)20-38)12-11-27(24-9-4-3-5-10-24)32-28(40)21-39-34-31(33-35-39)37-13-15-42-16-14-37/h3-10,25-27H,11-21H2,1-2H3,(H,32,40). The van der Waals surface area contributed by atoms with Crippen LogP contribution in [0.25, 0.3) is 0 Å². The predicted octanol–water partition coefficient (Wildman–Crippen LogP) is 2.08. The highest BCUT2D eigenvalue weighted by Crippen LogP contribution is 2.33. The molecule has 4 heterocycles. The van der Waals surface area contributed by atoms with E-state index in [1.807, 2.05) is 55.1 Å². The maximum absolute atomic E-state index is 13.3. The van der Waals surface area contributed by atoms with E-state index in [4.69, 9.17) is 4.74 Å². The van der Waals surface area contributed by atoms with Gasteiger partial charge in [-0.3, -0.25) is 9.59 Å². The number of tetrazole rings is 1. The third-order valence-electron chi connectivity index (χ3n) is 8.84. The zero-order chi connectivity index (χ0) is 29.1. The third kappa shape index (κ3) is 6.32. The number of amides is 2. The molecule has 0 bridgehead atoms. The number of anilines is 1. The highest BCUT2D eigenvalue weighted by molar-refractivity contribution is 5.97. The van der Waals surface area contributed by atoms with Crippen molar-refractivity contribution in [3.8, 4) is 0 Å². The summed E-state index contributed by atoms with van der Waals surface area (Å²) < 4.78 is 5.39. The second-order valence-electron chi connectivity index (χ2n) is 11.8. The number of morpholine rings is 1. The highest BCUT2D eigenvalue weighted by atomic mass is 16.5. The van der Waals surface area contributed by atoms with Crippen molar-refractivity contribution in [3.63, 3.8) is 0 Å². The minimum atomic E-state index is -0.145. The highest BCUT2D eigenvalue weighted by Gasteiger charge is 2.42. The lowest BCUT2D eigenvalue weighted by molar-refractivity contribution is -0.122. The van der Waals surface area contributed by atoms with Gasteiger partial charge >= 0.3 is 0 Å². The molecule has 3 atom stereocenters. The van der Waals surface area contributed by atoms with Gasteiger partial charge in [-0.25, -0.2) is 0 Å². The van der Waals surface area contributed by atoms with Crippen molar-refractivity contribution in [1.29, 1.82) is 0 Å². The maximum atomic E-state index is 13.3. The molecule has 3 aromatic rings. The van der Waals surface area contributed by atoms with E-state index in [9.17, 15) is 9.59 Å². The number of ether oxygens (including phenoxy) is 1. The van der Waals surface area contributed by atoms with Crippen LogP contribution in [-0.4, -0.2) is 101 Å². The van der Waals surface area contributed by atoms with E-state index in [0.29, 0.717) is 44.1 Å². The Bertz CT molecular complexity index is 1360. The average Bonchev–Trinajstić information content (AvgIpc) is 3.72. The molecule has 3 saturated heterocycles. The van der Waals surface area contributed by atoms with Crippen LogP contribution in [0.1, 0.15) is 39.5 Å². The predicted molar refractivity (Wildman–Crippen MR) is 158 cm³/mol. The number of aromatic nitrogens is 4. The van der Waals surface area contributed by atoms with Gasteiger partial charge in [-0.15, -0.1) is 5.10 Å². The fraction of sp³-hybridized carbons (Fsp3) is 0.516. The molecule has 3 unspecified atom stereocenters. The van der Waals surface area contributed by atoms with Crippen molar-refractivity contribution in [2.24, 2.45) is 11.8 Å². The zero-order valence-electron chi connectivity index (χ0n) is 24.5. The number of rotatable bonds is 9. The van der Waals surface area contributed by atoms with E-state index in [1.165, 1.54) is 4.80 Å². The number of carbonyl (C=O) groups excluding carboxylic acids is 2. The zero-order valence-corrected chi connectivity index (χ0v) is 24.5. The number of aryl methyl sites for hydroxylation is 2. The Balaban J connectivity index is 1.03. The van der Waals surface area contributed by atoms with E-state index in [-0.39, 0.29) is 24.4 Å². The molecule has 3 aliphatic rings. The molecule has 42 heavy (non-hydrogen) atoms. The summed E-state index contributed by atoms with van der Waals surface area (Å²) in [5, 5.41) is 15.9. The molecule has 222 valence electrons. The van der Waals surface area contributed by atoms with Crippen LogP contribution in [0.4, 0.5) is 5.95 Å². The maximum Gasteiger partial charge on any atom is 0.266 e. The van der Waals surface area contributed by atoms with Crippen molar-refractivity contribution < 1.29 is 14.3 Å². The van der Waals surface area contributed by atoms with Gasteiger partial charge < -0.3 is 24.8 Å². The van der Waals surface area contributed by atoms with Gasteiger partial charge in [0.2, 0.25) is 5.91 Å². The minimum Gasteiger partial charge on any atom is -0.378 e. The first-order valence-corrected chi connectivity index (χ1v) is 15.0. The summed E-state index contributed by atoms with van der Waals surface area (Å²) in [4.78, 5) is 34.3. The van der Waals surface area contributed by atoms with Crippen LogP contribution in [0.3, 0.4) is 0 Å². The van der Waals surface area contributed by atoms with Crippen LogP contribution in [0.15, 0.2) is 48.5 Å². The van der Waals surface area contributed by atoms with Crippen molar-refractivity contribution >= 4 is 17.8 Å². The van der Waals surface area contributed by atoms with Gasteiger partial charge in [0.05, 0.1) is 19.3 Å². The second kappa shape index (κ2) is 12.6. The number of fused-ring (bicyclic) bond motifs is 1. The molecular formula is C31H40N8O3. The van der Waals surface area contributed by atoms with E-state index >= 15 is 0 Å². The Labute approximate surface area is 246 Å². The van der Waals surface area contributed by atoms with Crippen molar-refractivity contribution in [1.82, 2.24) is 35.3 Å². The number of nitrogens with zero attached hydrogens (tertiary/aromatic N) is 7. The first-order valence-electron chi connectivity index (χ1n) is 15.0. The third-order valence-corrected chi connectivity index (χ3v) is 8.84. The Morgan fingerprint density at radius 3 is 2.33 bits per heavy atom. The van der Waals surface area contributed by atoms with Gasteiger partial charge in [-0.05, 0) is 54.0 Å². The number of carbonyl (C=O) groups is 2. The second-order valence-corrected chi connectivity index (χ2v) is 11.8. The van der Waals surface area contributed by atoms with Gasteiger partial charge in [0.25, 0.3) is 11.9 Å². The molecule has 1 N–H and O–H groups in total. The van der Waals surface area contributed by atoms with Crippen molar-refractivity contribution in [3.05, 3.63) is 70.8 Å². The number of hydrogen-bond donors (Lipinski definition) is 1. The Morgan fingerprint density at radius 1 is 0.952 bits per heavy atom. The van der Waals surface area contributed by atoms with Crippen molar-refractivity contribution in [2.45, 2.75) is 32.9 Å². The largest absolute Gasteiger partial charge is 0.378 e. The molecule has 3 aliphatic heterocycles. The van der Waals surface area contributed by atoms with Gasteiger partial charge in [-0.2, -0.15) is 4.80 Å². The van der Waals surface area contributed by atoms with Gasteiger partial charge in [0, 0.05) is 51.4 Å². The van der Waals surface area contributed by atoms with Gasteiger partial charge in [0.1, 0.15) is 6.54 Å². The normalized spacial score (nSPS) is 21.4. The molecule has 0 spiro atoms. The summed E-state index contributed by atoms with van der Waals surface area (Å²) >= 11 is 0. The summed E-state index contributed by atoms with van der Waals surface area (Å²) in [6.07, 6.45) is 0.796. The summed E-state index contributed by atoms with van der Waals surface area (Å²) in [5.41, 5.74) is 4.03. The number of nitrogens with one attached hydrogen (secondary N) is 1. The fourth-order valence-corrected chi connectivity index (χ4v) is 6.63. The van der Waals surface area contributed by atoms with E-state index in [0.717, 1.165) is 61.4 Å². The van der Waals surface area contributed by atoms with Crippen molar-refractivity contribution in [2.75, 3.05) is 63.9 Å². The first kappa shape index (κ1) is 28.3. The van der Waals surface area contributed by atoms with Crippen LogP contribution >= 0.6 is 0 Å². The Hall–Kier alpha value is -3.83. The molecule has 1 aromatic heterocycles. The minimum absolute atomic E-state index is 0.0127. The fourth-order valence-electron chi connectivity index (χ4n) is 6.63. The first-order chi connectivity index (χ1) is 20.4. The van der Waals surface area contributed by atoms with E-state index < -0.39 is 0 Å². The van der Waals surface area contributed by atoms with Crippen LogP contribution in [-0.2, 0) is 16.1 Å². The lowest BCUT2D eigenvalue weighted by Crippen LogP contribution is -2.37. The van der Waals surface area contributed by atoms with Gasteiger partial charge in [-0.1, -0.05) is 53.6 Å². The summed E-state index contributed by atoms with van der Waals surface area (Å²) in [5.74, 6) is 1.52. The van der Waals surface area contributed by atoms with Crippen LogP contribution in [0, 0.1) is 25.7 Å². The summed E-state index contributed by atoms with van der Waals surface area (Å²) in [6.45, 7) is 11.2. The Morgan fingerprint density at radius 2 is 1.64 bits per heavy atom. The molecule has 0 aliphatic carbocycles. The average molecular weight is 573 g/mol. The van der Waals surface area contributed by atoms with E-state index in [1.54, 1.807) is 0 Å². The summed E-state index contributed by atoms with van der Waals surface area (Å²) in [6, 6.07) is 16.0. The smallest absolute Gasteiger partial charge is 0.266 e. The molecule has 0 saturated carbocycles. The van der Waals surface area contributed by atoms with Crippen LogP contribution < -0.4 is 10.2 Å². The number of likely N-dealkylation sites (tertiary alicyclic amines) is 2. The molecule has 0 radical (unpaired) electrons. The quantitative estimate of drug-likeness (QED) is 0.415. The number of benzene rings is 2. The lowest BCUT2D eigenvalue weighted by Gasteiger charge is -2.25. The molecule has 6 rings (SSSR count).